The number of hydrogen-bond donors (Lipinski definition) is 1. The number of hydrogen-bond acceptors (Lipinski definition) is 2. The molecule has 1 aromatic carbocycles. The number of rotatable bonds is 2. The fraction of sp³-hybridized carbons (Fsp3) is 0.250. The van der Waals surface area contributed by atoms with E-state index < -0.39 is 11.6 Å². The first-order chi connectivity index (χ1) is 7.39. The molecule has 1 aromatic heterocycles. The van der Waals surface area contributed by atoms with Crippen LogP contribution in [0.3, 0.4) is 0 Å². The second kappa shape index (κ2) is 3.33. The van der Waals surface area contributed by atoms with Gasteiger partial charge in [-0.2, -0.15) is 0 Å². The maximum absolute atomic E-state index is 13.7. The van der Waals surface area contributed by atoms with Gasteiger partial charge in [0.2, 0.25) is 0 Å². The zero-order valence-corrected chi connectivity index (χ0v) is 8.95. The van der Waals surface area contributed by atoms with Gasteiger partial charge < -0.3 is 9.52 Å². The van der Waals surface area contributed by atoms with Crippen molar-refractivity contribution in [1.82, 2.24) is 0 Å². The Morgan fingerprint density at radius 1 is 1.44 bits per heavy atom. The lowest BCUT2D eigenvalue weighted by atomic mass is 10.1. The predicted molar refractivity (Wildman–Crippen MR) is 57.3 cm³/mol. The molecule has 0 amide bonds. The minimum Gasteiger partial charge on any atom is -0.478 e. The summed E-state index contributed by atoms with van der Waals surface area (Å²) in [5.41, 5.74) is -1.10. The molecule has 4 heteroatoms. The van der Waals surface area contributed by atoms with Gasteiger partial charge in [-0.15, -0.1) is 0 Å². The van der Waals surface area contributed by atoms with Crippen molar-refractivity contribution < 1.29 is 18.7 Å². The van der Waals surface area contributed by atoms with E-state index in [1.807, 2.05) is 0 Å². The van der Waals surface area contributed by atoms with Crippen molar-refractivity contribution in [3.05, 3.63) is 35.6 Å². The predicted octanol–water partition coefficient (Wildman–Crippen LogP) is 3.34. The number of fused-ring (bicyclic) bond motifs is 1. The number of benzene rings is 1. The van der Waals surface area contributed by atoms with Gasteiger partial charge in [0.25, 0.3) is 0 Å². The average Bonchev–Trinajstić information content (AvgIpc) is 2.59. The molecule has 0 saturated heterocycles. The van der Waals surface area contributed by atoms with E-state index >= 15 is 0 Å². The molecule has 3 nitrogen and oxygen atoms in total. The molecule has 0 bridgehead atoms. The molecular weight excluding hydrogens is 211 g/mol. The van der Waals surface area contributed by atoms with Gasteiger partial charge in [0.1, 0.15) is 11.3 Å². The zero-order chi connectivity index (χ0) is 11.9. The van der Waals surface area contributed by atoms with Gasteiger partial charge in [0.15, 0.2) is 5.67 Å². The van der Waals surface area contributed by atoms with E-state index in [-0.39, 0.29) is 11.3 Å². The van der Waals surface area contributed by atoms with E-state index in [2.05, 4.69) is 0 Å². The number of furan rings is 1. The molecule has 0 radical (unpaired) electrons. The second-order valence-electron chi connectivity index (χ2n) is 4.11. The molecule has 16 heavy (non-hydrogen) atoms. The van der Waals surface area contributed by atoms with E-state index in [1.54, 1.807) is 12.1 Å². The molecule has 0 fully saturated rings. The number of halogens is 1. The summed E-state index contributed by atoms with van der Waals surface area (Å²) >= 11 is 0. The minimum atomic E-state index is -1.62. The minimum absolute atomic E-state index is 0.122. The highest BCUT2D eigenvalue weighted by atomic mass is 19.1. The monoisotopic (exact) mass is 222 g/mol. The smallest absolute Gasteiger partial charge is 0.336 e. The molecule has 0 aliphatic heterocycles. The highest BCUT2D eigenvalue weighted by molar-refractivity contribution is 6.02. The zero-order valence-electron chi connectivity index (χ0n) is 8.95. The summed E-state index contributed by atoms with van der Waals surface area (Å²) < 4.78 is 18.9. The van der Waals surface area contributed by atoms with Gasteiger partial charge in [0.05, 0.1) is 5.56 Å². The number of carboxylic acids is 1. The quantitative estimate of drug-likeness (QED) is 0.847. The van der Waals surface area contributed by atoms with Gasteiger partial charge in [-0.05, 0) is 32.0 Å². The molecular formula is C12H11FO3. The summed E-state index contributed by atoms with van der Waals surface area (Å²) in [6, 6.07) is 6.11. The third-order valence-electron chi connectivity index (χ3n) is 2.38. The van der Waals surface area contributed by atoms with Crippen molar-refractivity contribution in [2.75, 3.05) is 0 Å². The van der Waals surface area contributed by atoms with Crippen LogP contribution in [0.1, 0.15) is 30.0 Å². The fourth-order valence-electron chi connectivity index (χ4n) is 1.54. The van der Waals surface area contributed by atoms with Gasteiger partial charge in [-0.3, -0.25) is 0 Å². The molecule has 0 aliphatic rings. The van der Waals surface area contributed by atoms with Gasteiger partial charge in [-0.1, -0.05) is 6.07 Å². The van der Waals surface area contributed by atoms with E-state index in [4.69, 9.17) is 9.52 Å². The first-order valence-electron chi connectivity index (χ1n) is 4.85. The Morgan fingerprint density at radius 2 is 2.12 bits per heavy atom. The van der Waals surface area contributed by atoms with Crippen molar-refractivity contribution in [2.24, 2.45) is 0 Å². The van der Waals surface area contributed by atoms with Crippen molar-refractivity contribution in [3.63, 3.8) is 0 Å². The third-order valence-corrected chi connectivity index (χ3v) is 2.38. The molecule has 1 heterocycles. The maximum atomic E-state index is 13.7. The number of carbonyl (C=O) groups is 1. The Hall–Kier alpha value is -1.84. The summed E-state index contributed by atoms with van der Waals surface area (Å²) in [7, 11) is 0. The summed E-state index contributed by atoms with van der Waals surface area (Å²) in [4.78, 5) is 10.9. The van der Waals surface area contributed by atoms with Gasteiger partial charge in [0, 0.05) is 5.39 Å². The lowest BCUT2D eigenvalue weighted by Crippen LogP contribution is -2.06. The molecule has 84 valence electrons. The van der Waals surface area contributed by atoms with Crippen LogP contribution in [0.4, 0.5) is 4.39 Å². The molecule has 0 saturated carbocycles. The lowest BCUT2D eigenvalue weighted by Gasteiger charge is -2.08. The van der Waals surface area contributed by atoms with E-state index in [9.17, 15) is 9.18 Å². The molecule has 2 aromatic rings. The highest BCUT2D eigenvalue weighted by Crippen LogP contribution is 2.31. The van der Waals surface area contributed by atoms with Crippen LogP contribution in [0.2, 0.25) is 0 Å². The van der Waals surface area contributed by atoms with Gasteiger partial charge >= 0.3 is 5.97 Å². The summed E-state index contributed by atoms with van der Waals surface area (Å²) in [5, 5.41) is 9.39. The summed E-state index contributed by atoms with van der Waals surface area (Å²) in [6.45, 7) is 2.73. The first kappa shape index (κ1) is 10.7. The average molecular weight is 222 g/mol. The Labute approximate surface area is 91.5 Å². The fourth-order valence-corrected chi connectivity index (χ4v) is 1.54. The Balaban J connectivity index is 2.71. The molecule has 1 N–H and O–H groups in total. The lowest BCUT2D eigenvalue weighted by molar-refractivity contribution is 0.0699. The van der Waals surface area contributed by atoms with Crippen LogP contribution < -0.4 is 0 Å². The van der Waals surface area contributed by atoms with Crippen LogP contribution >= 0.6 is 0 Å². The van der Waals surface area contributed by atoms with Crippen LogP contribution in [0, 0.1) is 0 Å². The van der Waals surface area contributed by atoms with E-state index in [0.717, 1.165) is 0 Å². The van der Waals surface area contributed by atoms with Crippen LogP contribution in [0.25, 0.3) is 11.0 Å². The SMILES string of the molecule is CC(C)(F)c1cc2c(C(=O)O)cccc2o1. The van der Waals surface area contributed by atoms with Crippen LogP contribution in [0.15, 0.2) is 28.7 Å². The normalized spacial score (nSPS) is 11.9. The Kier molecular flexibility index (Phi) is 2.22. The topological polar surface area (TPSA) is 50.4 Å². The Bertz CT molecular complexity index is 549. The van der Waals surface area contributed by atoms with E-state index in [1.165, 1.54) is 26.0 Å². The number of aromatic carboxylic acids is 1. The van der Waals surface area contributed by atoms with Crippen LogP contribution in [-0.2, 0) is 5.67 Å². The number of alkyl halides is 1. The van der Waals surface area contributed by atoms with Crippen LogP contribution in [0.5, 0.6) is 0 Å². The van der Waals surface area contributed by atoms with Gasteiger partial charge in [-0.25, -0.2) is 9.18 Å². The molecule has 0 unspecified atom stereocenters. The highest BCUT2D eigenvalue weighted by Gasteiger charge is 2.25. The third kappa shape index (κ3) is 1.66. The van der Waals surface area contributed by atoms with Crippen LogP contribution in [-0.4, -0.2) is 11.1 Å². The van der Waals surface area contributed by atoms with E-state index in [0.29, 0.717) is 11.0 Å². The first-order valence-corrected chi connectivity index (χ1v) is 4.85. The summed E-state index contributed by atoms with van der Waals surface area (Å²) in [6.07, 6.45) is 0. The molecule has 0 aliphatic carbocycles. The van der Waals surface area contributed by atoms with Crippen molar-refractivity contribution in [3.8, 4) is 0 Å². The molecule has 0 atom stereocenters. The largest absolute Gasteiger partial charge is 0.478 e. The second-order valence-corrected chi connectivity index (χ2v) is 4.11. The molecule has 0 spiro atoms. The molecule has 2 rings (SSSR count). The van der Waals surface area contributed by atoms with Crippen molar-refractivity contribution in [1.29, 1.82) is 0 Å². The van der Waals surface area contributed by atoms with Crippen molar-refractivity contribution >= 4 is 16.9 Å². The maximum Gasteiger partial charge on any atom is 0.336 e. The standard InChI is InChI=1S/C12H11FO3/c1-12(2,13)10-6-8-7(11(14)15)4-3-5-9(8)16-10/h3-6H,1-2H3,(H,14,15). The Morgan fingerprint density at radius 3 is 2.69 bits per heavy atom. The van der Waals surface area contributed by atoms with Crippen molar-refractivity contribution in [2.45, 2.75) is 19.5 Å². The summed E-state index contributed by atoms with van der Waals surface area (Å²) in [5.74, 6) is -0.911. The number of carboxylic acid groups (broad SMARTS) is 1.